The highest BCUT2D eigenvalue weighted by molar-refractivity contribution is 5.96. The zero-order valence-corrected chi connectivity index (χ0v) is 9.19. The van der Waals surface area contributed by atoms with Gasteiger partial charge in [-0.05, 0) is 23.2 Å². The van der Waals surface area contributed by atoms with Crippen LogP contribution in [0.25, 0.3) is 0 Å². The van der Waals surface area contributed by atoms with Gasteiger partial charge in [-0.25, -0.2) is 4.63 Å². The van der Waals surface area contributed by atoms with E-state index < -0.39 is 0 Å². The first-order chi connectivity index (χ1) is 7.79. The van der Waals surface area contributed by atoms with E-state index in [1.54, 1.807) is 4.90 Å². The summed E-state index contributed by atoms with van der Waals surface area (Å²) in [7, 11) is 0. The van der Waals surface area contributed by atoms with Gasteiger partial charge in [0, 0.05) is 13.1 Å². The molecule has 1 aliphatic heterocycles. The van der Waals surface area contributed by atoms with Crippen molar-refractivity contribution >= 4 is 11.7 Å². The van der Waals surface area contributed by atoms with E-state index in [2.05, 4.69) is 14.9 Å². The summed E-state index contributed by atoms with van der Waals surface area (Å²) in [6, 6.07) is 0. The second-order valence-corrected chi connectivity index (χ2v) is 4.06. The fourth-order valence-electron chi connectivity index (χ4n) is 1.94. The molecule has 6 heteroatoms. The monoisotopic (exact) mass is 224 g/mol. The molecule has 1 aromatic rings. The number of rotatable bonds is 1. The van der Waals surface area contributed by atoms with Gasteiger partial charge in [-0.3, -0.25) is 4.79 Å². The van der Waals surface area contributed by atoms with Crippen LogP contribution in [0.2, 0.25) is 0 Å². The van der Waals surface area contributed by atoms with Gasteiger partial charge >= 0.3 is 0 Å². The van der Waals surface area contributed by atoms with Crippen LogP contribution in [-0.2, 0) is 0 Å². The Balaban J connectivity index is 2.05. The Morgan fingerprint density at radius 1 is 1.12 bits per heavy atom. The third-order valence-electron chi connectivity index (χ3n) is 2.86. The molecule has 1 saturated heterocycles. The quantitative estimate of drug-likeness (QED) is 0.770. The maximum absolute atomic E-state index is 12.0. The van der Waals surface area contributed by atoms with Gasteiger partial charge in [0.15, 0.2) is 0 Å². The van der Waals surface area contributed by atoms with Crippen LogP contribution < -0.4 is 5.73 Å². The lowest BCUT2D eigenvalue weighted by Crippen LogP contribution is -2.34. The molecule has 0 saturated carbocycles. The van der Waals surface area contributed by atoms with Crippen LogP contribution in [0.1, 0.15) is 42.6 Å². The van der Waals surface area contributed by atoms with Crippen LogP contribution in [0, 0.1) is 0 Å². The normalized spacial score (nSPS) is 17.9. The summed E-state index contributed by atoms with van der Waals surface area (Å²) < 4.78 is 4.44. The SMILES string of the molecule is Nc1nonc1C(=O)N1CCCCCCC1. The van der Waals surface area contributed by atoms with Crippen molar-refractivity contribution in [2.24, 2.45) is 0 Å². The first kappa shape index (κ1) is 10.9. The highest BCUT2D eigenvalue weighted by Gasteiger charge is 2.22. The summed E-state index contributed by atoms with van der Waals surface area (Å²) in [6.45, 7) is 1.54. The molecule has 0 unspecified atom stereocenters. The molecular weight excluding hydrogens is 208 g/mol. The fourth-order valence-corrected chi connectivity index (χ4v) is 1.94. The molecule has 0 aromatic carbocycles. The minimum atomic E-state index is -0.166. The molecule has 6 nitrogen and oxygen atoms in total. The van der Waals surface area contributed by atoms with Crippen molar-refractivity contribution in [3.8, 4) is 0 Å². The van der Waals surface area contributed by atoms with Crippen LogP contribution in [0.15, 0.2) is 4.63 Å². The Morgan fingerprint density at radius 2 is 1.75 bits per heavy atom. The van der Waals surface area contributed by atoms with E-state index in [0.717, 1.165) is 25.9 Å². The molecule has 2 N–H and O–H groups in total. The minimum Gasteiger partial charge on any atom is -0.379 e. The molecule has 1 amide bonds. The maximum atomic E-state index is 12.0. The predicted octanol–water partition coefficient (Wildman–Crippen LogP) is 1.06. The molecule has 1 aliphatic rings. The summed E-state index contributed by atoms with van der Waals surface area (Å²) in [5.41, 5.74) is 5.64. The number of nitrogens with two attached hydrogens (primary N) is 1. The van der Waals surface area contributed by atoms with Crippen LogP contribution >= 0.6 is 0 Å². The summed E-state index contributed by atoms with van der Waals surface area (Å²) in [4.78, 5) is 13.8. The molecule has 2 heterocycles. The molecule has 0 radical (unpaired) electrons. The van der Waals surface area contributed by atoms with E-state index >= 15 is 0 Å². The van der Waals surface area contributed by atoms with Crippen molar-refractivity contribution in [2.45, 2.75) is 32.1 Å². The first-order valence-corrected chi connectivity index (χ1v) is 5.66. The number of hydrogen-bond acceptors (Lipinski definition) is 5. The van der Waals surface area contributed by atoms with Gasteiger partial charge in [-0.15, -0.1) is 0 Å². The largest absolute Gasteiger partial charge is 0.379 e. The summed E-state index contributed by atoms with van der Waals surface area (Å²) in [5, 5.41) is 6.96. The van der Waals surface area contributed by atoms with Crippen LogP contribution in [0.4, 0.5) is 5.82 Å². The van der Waals surface area contributed by atoms with Crippen molar-refractivity contribution in [3.63, 3.8) is 0 Å². The highest BCUT2D eigenvalue weighted by atomic mass is 16.6. The number of nitrogens with zero attached hydrogens (tertiary/aromatic N) is 3. The molecule has 0 bridgehead atoms. The number of hydrogen-bond donors (Lipinski definition) is 1. The van der Waals surface area contributed by atoms with Crippen LogP contribution in [0.3, 0.4) is 0 Å². The third-order valence-corrected chi connectivity index (χ3v) is 2.86. The second kappa shape index (κ2) is 4.96. The molecule has 1 fully saturated rings. The van der Waals surface area contributed by atoms with Crippen molar-refractivity contribution in [2.75, 3.05) is 18.8 Å². The first-order valence-electron chi connectivity index (χ1n) is 5.66. The minimum absolute atomic E-state index is 0.0760. The predicted molar refractivity (Wildman–Crippen MR) is 57.7 cm³/mol. The Labute approximate surface area is 93.7 Å². The van der Waals surface area contributed by atoms with E-state index in [1.165, 1.54) is 19.3 Å². The van der Waals surface area contributed by atoms with Crippen molar-refractivity contribution in [1.82, 2.24) is 15.2 Å². The number of carbonyl (C=O) groups is 1. The number of nitrogen functional groups attached to an aromatic ring is 1. The summed E-state index contributed by atoms with van der Waals surface area (Å²) in [5.74, 6) is -0.0901. The van der Waals surface area contributed by atoms with Crippen molar-refractivity contribution in [3.05, 3.63) is 5.69 Å². The molecule has 0 spiro atoms. The number of carbonyl (C=O) groups excluding carboxylic acids is 1. The number of anilines is 1. The Hall–Kier alpha value is -1.59. The topological polar surface area (TPSA) is 85.2 Å². The van der Waals surface area contributed by atoms with Crippen LogP contribution in [0.5, 0.6) is 0 Å². The molecule has 0 aliphatic carbocycles. The zero-order chi connectivity index (χ0) is 11.4. The highest BCUT2D eigenvalue weighted by Crippen LogP contribution is 2.14. The van der Waals surface area contributed by atoms with E-state index in [9.17, 15) is 4.79 Å². The van der Waals surface area contributed by atoms with Crippen LogP contribution in [-0.4, -0.2) is 34.2 Å². The Morgan fingerprint density at radius 3 is 2.31 bits per heavy atom. The average molecular weight is 224 g/mol. The molecule has 0 atom stereocenters. The number of amides is 1. The Kier molecular flexibility index (Phi) is 3.38. The molecule has 88 valence electrons. The Bertz CT molecular complexity index is 355. The van der Waals surface area contributed by atoms with Gasteiger partial charge in [-0.1, -0.05) is 19.3 Å². The van der Waals surface area contributed by atoms with Gasteiger partial charge in [0.05, 0.1) is 0 Å². The smallest absolute Gasteiger partial charge is 0.280 e. The lowest BCUT2D eigenvalue weighted by molar-refractivity contribution is 0.0732. The van der Waals surface area contributed by atoms with E-state index in [0.29, 0.717) is 0 Å². The summed E-state index contributed by atoms with van der Waals surface area (Å²) in [6.07, 6.45) is 5.69. The standard InChI is InChI=1S/C10H16N4O2/c11-9-8(12-16-13-9)10(15)14-6-4-2-1-3-5-7-14/h1-7H2,(H2,11,13). The zero-order valence-electron chi connectivity index (χ0n) is 9.19. The van der Waals surface area contributed by atoms with Gasteiger partial charge in [0.2, 0.25) is 11.5 Å². The molecule has 16 heavy (non-hydrogen) atoms. The maximum Gasteiger partial charge on any atom is 0.280 e. The third kappa shape index (κ3) is 2.32. The molecule has 2 rings (SSSR count). The summed E-state index contributed by atoms with van der Waals surface area (Å²) >= 11 is 0. The number of aromatic nitrogens is 2. The molecular formula is C10H16N4O2. The second-order valence-electron chi connectivity index (χ2n) is 4.06. The van der Waals surface area contributed by atoms with Crippen molar-refractivity contribution in [1.29, 1.82) is 0 Å². The lowest BCUT2D eigenvalue weighted by Gasteiger charge is -2.23. The van der Waals surface area contributed by atoms with Crippen molar-refractivity contribution < 1.29 is 9.42 Å². The van der Waals surface area contributed by atoms with E-state index in [4.69, 9.17) is 5.73 Å². The van der Waals surface area contributed by atoms with E-state index in [1.807, 2.05) is 0 Å². The van der Waals surface area contributed by atoms with Gasteiger partial charge in [0.25, 0.3) is 5.91 Å². The molecule has 1 aromatic heterocycles. The lowest BCUT2D eigenvalue weighted by atomic mass is 10.1. The van der Waals surface area contributed by atoms with Gasteiger partial charge < -0.3 is 10.6 Å². The van der Waals surface area contributed by atoms with E-state index in [-0.39, 0.29) is 17.4 Å². The fraction of sp³-hybridized carbons (Fsp3) is 0.700. The van der Waals surface area contributed by atoms with Gasteiger partial charge in [-0.2, -0.15) is 0 Å². The average Bonchev–Trinajstić information content (AvgIpc) is 2.63. The number of likely N-dealkylation sites (tertiary alicyclic amines) is 1. The van der Waals surface area contributed by atoms with Gasteiger partial charge in [0.1, 0.15) is 0 Å².